The first kappa shape index (κ1) is 18.6. The number of carbonyl (C=O) groups excluding carboxylic acids is 1. The van der Waals surface area contributed by atoms with Crippen LogP contribution in [0.2, 0.25) is 0 Å². The van der Waals surface area contributed by atoms with Crippen LogP contribution in [0.3, 0.4) is 0 Å². The zero-order chi connectivity index (χ0) is 19.4. The number of carbonyl (C=O) groups is 1. The Morgan fingerprint density at radius 1 is 1.15 bits per heavy atom. The van der Waals surface area contributed by atoms with Crippen molar-refractivity contribution >= 4 is 11.6 Å². The molecule has 140 valence electrons. The first-order valence-electron chi connectivity index (χ1n) is 8.58. The van der Waals surface area contributed by atoms with Gasteiger partial charge in [0.15, 0.2) is 5.69 Å². The number of amides is 1. The summed E-state index contributed by atoms with van der Waals surface area (Å²) in [5.41, 5.74) is 1.08. The summed E-state index contributed by atoms with van der Waals surface area (Å²) in [7, 11) is 0. The van der Waals surface area contributed by atoms with Crippen LogP contribution in [-0.4, -0.2) is 11.1 Å². The third-order valence-electron chi connectivity index (χ3n) is 3.95. The number of halogens is 1. The van der Waals surface area contributed by atoms with E-state index in [2.05, 4.69) is 10.5 Å². The Balaban J connectivity index is 1.59. The highest BCUT2D eigenvalue weighted by Gasteiger charge is 2.22. The Labute approximate surface area is 157 Å². The molecule has 0 unspecified atom stereocenters. The predicted molar refractivity (Wildman–Crippen MR) is 100 cm³/mol. The summed E-state index contributed by atoms with van der Waals surface area (Å²) in [5.74, 6) is 0.565. The van der Waals surface area contributed by atoms with Gasteiger partial charge < -0.3 is 14.6 Å². The van der Waals surface area contributed by atoms with Crippen LogP contribution in [0.15, 0.2) is 59.1 Å². The molecule has 3 aromatic rings. The van der Waals surface area contributed by atoms with E-state index in [4.69, 9.17) is 9.26 Å². The van der Waals surface area contributed by atoms with Crippen LogP contribution in [0.25, 0.3) is 0 Å². The van der Waals surface area contributed by atoms with Gasteiger partial charge in [0.25, 0.3) is 5.91 Å². The maximum absolute atomic E-state index is 13.6. The molecule has 3 rings (SSSR count). The summed E-state index contributed by atoms with van der Waals surface area (Å²) >= 11 is 0. The number of hydrogen-bond donors (Lipinski definition) is 1. The SMILES string of the molecule is CC(C)(C)c1cc(C(=O)Nc2ccc(OCc3ccccc3F)cc2)no1. The second-order valence-electron chi connectivity index (χ2n) is 7.18. The number of nitrogens with zero attached hydrogens (tertiary/aromatic N) is 1. The molecule has 0 aliphatic rings. The standard InChI is InChI=1S/C21H21FN2O3/c1-21(2,3)19-12-18(24-27-19)20(25)23-15-8-10-16(11-9-15)26-13-14-6-4-5-7-17(14)22/h4-12H,13H2,1-3H3,(H,23,25). The van der Waals surface area contributed by atoms with Crippen LogP contribution in [-0.2, 0) is 12.0 Å². The summed E-state index contributed by atoms with van der Waals surface area (Å²) in [6.45, 7) is 6.08. The van der Waals surface area contributed by atoms with Gasteiger partial charge in [-0.15, -0.1) is 0 Å². The van der Waals surface area contributed by atoms with E-state index in [1.54, 1.807) is 48.5 Å². The molecule has 0 spiro atoms. The average molecular weight is 368 g/mol. The lowest BCUT2D eigenvalue weighted by Gasteiger charge is -2.12. The first-order valence-corrected chi connectivity index (χ1v) is 8.58. The van der Waals surface area contributed by atoms with E-state index in [1.807, 2.05) is 20.8 Å². The summed E-state index contributed by atoms with van der Waals surface area (Å²) < 4.78 is 24.4. The van der Waals surface area contributed by atoms with Gasteiger partial charge in [-0.25, -0.2) is 4.39 Å². The number of rotatable bonds is 5. The largest absolute Gasteiger partial charge is 0.489 e. The van der Waals surface area contributed by atoms with Gasteiger partial charge in [0.2, 0.25) is 0 Å². The van der Waals surface area contributed by atoms with Gasteiger partial charge in [0.1, 0.15) is 23.9 Å². The van der Waals surface area contributed by atoms with E-state index >= 15 is 0 Å². The van der Waals surface area contributed by atoms with E-state index in [0.29, 0.717) is 22.8 Å². The van der Waals surface area contributed by atoms with Crippen molar-refractivity contribution < 1.29 is 18.4 Å². The molecule has 0 fully saturated rings. The highest BCUT2D eigenvalue weighted by atomic mass is 19.1. The van der Waals surface area contributed by atoms with Gasteiger partial charge in [-0.1, -0.05) is 44.1 Å². The zero-order valence-corrected chi connectivity index (χ0v) is 15.5. The highest BCUT2D eigenvalue weighted by molar-refractivity contribution is 6.02. The van der Waals surface area contributed by atoms with Crippen molar-refractivity contribution in [2.75, 3.05) is 5.32 Å². The van der Waals surface area contributed by atoms with E-state index in [9.17, 15) is 9.18 Å². The second kappa shape index (κ2) is 7.61. The maximum atomic E-state index is 13.6. The lowest BCUT2D eigenvalue weighted by Crippen LogP contribution is -2.13. The molecule has 1 heterocycles. The summed E-state index contributed by atoms with van der Waals surface area (Å²) in [4.78, 5) is 12.3. The van der Waals surface area contributed by atoms with Crippen molar-refractivity contribution in [3.63, 3.8) is 0 Å². The molecular weight excluding hydrogens is 347 g/mol. The van der Waals surface area contributed by atoms with Crippen molar-refractivity contribution in [3.8, 4) is 5.75 Å². The predicted octanol–water partition coefficient (Wildman–Crippen LogP) is 4.94. The second-order valence-corrected chi connectivity index (χ2v) is 7.18. The van der Waals surface area contributed by atoms with Crippen LogP contribution in [0.4, 0.5) is 10.1 Å². The summed E-state index contributed by atoms with van der Waals surface area (Å²) in [5, 5.41) is 6.58. The summed E-state index contributed by atoms with van der Waals surface area (Å²) in [6.07, 6.45) is 0. The van der Waals surface area contributed by atoms with Crippen molar-refractivity contribution in [1.82, 2.24) is 5.16 Å². The van der Waals surface area contributed by atoms with E-state index in [0.717, 1.165) is 0 Å². The number of hydrogen-bond acceptors (Lipinski definition) is 4. The van der Waals surface area contributed by atoms with Gasteiger partial charge >= 0.3 is 0 Å². The molecule has 0 atom stereocenters. The van der Waals surface area contributed by atoms with Crippen molar-refractivity contribution in [1.29, 1.82) is 0 Å². The van der Waals surface area contributed by atoms with Gasteiger partial charge in [-0.05, 0) is 30.3 Å². The average Bonchev–Trinajstić information content (AvgIpc) is 3.13. The van der Waals surface area contributed by atoms with Gasteiger partial charge in [0.05, 0.1) is 0 Å². The molecule has 1 N–H and O–H groups in total. The van der Waals surface area contributed by atoms with E-state index in [-0.39, 0.29) is 29.4 Å². The zero-order valence-electron chi connectivity index (χ0n) is 15.5. The third-order valence-corrected chi connectivity index (χ3v) is 3.95. The van der Waals surface area contributed by atoms with Crippen molar-refractivity contribution in [2.24, 2.45) is 0 Å². The Bertz CT molecular complexity index is 927. The number of aromatic nitrogens is 1. The Hall–Kier alpha value is -3.15. The molecule has 5 nitrogen and oxygen atoms in total. The van der Waals surface area contributed by atoms with Crippen LogP contribution in [0.1, 0.15) is 42.6 Å². The minimum atomic E-state index is -0.353. The highest BCUT2D eigenvalue weighted by Crippen LogP contribution is 2.23. The minimum absolute atomic E-state index is 0.132. The molecule has 1 amide bonds. The molecule has 6 heteroatoms. The van der Waals surface area contributed by atoms with Crippen LogP contribution >= 0.6 is 0 Å². The molecule has 0 saturated carbocycles. The Kier molecular flexibility index (Phi) is 5.26. The number of anilines is 1. The lowest BCUT2D eigenvalue weighted by atomic mass is 9.93. The van der Waals surface area contributed by atoms with Crippen LogP contribution in [0, 0.1) is 5.82 Å². The molecule has 0 saturated heterocycles. The smallest absolute Gasteiger partial charge is 0.277 e. The topological polar surface area (TPSA) is 64.4 Å². The van der Waals surface area contributed by atoms with E-state index in [1.165, 1.54) is 6.07 Å². The minimum Gasteiger partial charge on any atom is -0.489 e. The van der Waals surface area contributed by atoms with Crippen molar-refractivity contribution in [2.45, 2.75) is 32.8 Å². The fourth-order valence-electron chi connectivity index (χ4n) is 2.34. The number of ether oxygens (including phenoxy) is 1. The van der Waals surface area contributed by atoms with Crippen molar-refractivity contribution in [3.05, 3.63) is 77.4 Å². The van der Waals surface area contributed by atoms with E-state index < -0.39 is 0 Å². The van der Waals surface area contributed by atoms with Gasteiger partial charge in [-0.2, -0.15) is 0 Å². The fraction of sp³-hybridized carbons (Fsp3) is 0.238. The molecule has 0 bridgehead atoms. The monoisotopic (exact) mass is 368 g/mol. The number of benzene rings is 2. The molecule has 0 aliphatic heterocycles. The number of nitrogens with one attached hydrogen (secondary N) is 1. The molecule has 2 aromatic carbocycles. The van der Waals surface area contributed by atoms with Gasteiger partial charge in [-0.3, -0.25) is 4.79 Å². The Morgan fingerprint density at radius 2 is 1.85 bits per heavy atom. The van der Waals surface area contributed by atoms with Crippen LogP contribution < -0.4 is 10.1 Å². The molecule has 0 radical (unpaired) electrons. The summed E-state index contributed by atoms with van der Waals surface area (Å²) in [6, 6.07) is 14.9. The molecular formula is C21H21FN2O3. The molecule has 27 heavy (non-hydrogen) atoms. The third kappa shape index (κ3) is 4.73. The molecule has 1 aromatic heterocycles. The lowest BCUT2D eigenvalue weighted by molar-refractivity contribution is 0.101. The fourth-order valence-corrected chi connectivity index (χ4v) is 2.34. The quantitative estimate of drug-likeness (QED) is 0.693. The Morgan fingerprint density at radius 3 is 2.48 bits per heavy atom. The normalized spacial score (nSPS) is 11.3. The maximum Gasteiger partial charge on any atom is 0.277 e. The molecule has 0 aliphatic carbocycles. The van der Waals surface area contributed by atoms with Crippen LogP contribution in [0.5, 0.6) is 5.75 Å². The first-order chi connectivity index (χ1) is 12.8. The van der Waals surface area contributed by atoms with Gasteiger partial charge in [0, 0.05) is 22.7 Å².